The Morgan fingerprint density at radius 1 is 1.15 bits per heavy atom. The maximum atomic E-state index is 14.7. The van der Waals surface area contributed by atoms with Crippen LogP contribution in [-0.2, 0) is 16.0 Å². The minimum absolute atomic E-state index is 0.103. The number of nitrogens with zero attached hydrogens (tertiary/aromatic N) is 7. The second-order valence-electron chi connectivity index (χ2n) is 8.33. The highest BCUT2D eigenvalue weighted by Crippen LogP contribution is 2.33. The van der Waals surface area contributed by atoms with E-state index in [1.54, 1.807) is 24.7 Å². The zero-order valence-corrected chi connectivity index (χ0v) is 18.6. The van der Waals surface area contributed by atoms with E-state index in [4.69, 9.17) is 14.8 Å². The first-order chi connectivity index (χ1) is 16.5. The van der Waals surface area contributed by atoms with Crippen LogP contribution in [0.1, 0.15) is 30.6 Å². The lowest BCUT2D eigenvalue weighted by molar-refractivity contribution is -0.140. The molecule has 11 heteroatoms. The summed E-state index contributed by atoms with van der Waals surface area (Å²) >= 11 is 0. The molecule has 2 unspecified atom stereocenters. The Balaban J connectivity index is 1.39. The van der Waals surface area contributed by atoms with Crippen molar-refractivity contribution in [2.75, 3.05) is 36.0 Å². The molecule has 0 aromatic carbocycles. The number of aliphatic carboxylic acids is 1. The minimum Gasteiger partial charge on any atom is -0.481 e. The van der Waals surface area contributed by atoms with Crippen LogP contribution in [0, 0.1) is 5.82 Å². The molecular formula is C23H24FN7O3. The van der Waals surface area contributed by atoms with Crippen LogP contribution >= 0.6 is 0 Å². The number of carboxylic acids is 1. The van der Waals surface area contributed by atoms with Crippen LogP contribution in [0.5, 0.6) is 0 Å². The van der Waals surface area contributed by atoms with Gasteiger partial charge in [-0.1, -0.05) is 0 Å². The van der Waals surface area contributed by atoms with Gasteiger partial charge in [0.25, 0.3) is 0 Å². The third-order valence-corrected chi connectivity index (χ3v) is 6.10. The summed E-state index contributed by atoms with van der Waals surface area (Å²) in [7, 11) is 0. The number of aromatic nitrogens is 5. The van der Waals surface area contributed by atoms with Crippen molar-refractivity contribution in [3.8, 4) is 11.6 Å². The van der Waals surface area contributed by atoms with Gasteiger partial charge in [0.2, 0.25) is 0 Å². The molecule has 2 aliphatic rings. The molecule has 3 aromatic rings. The summed E-state index contributed by atoms with van der Waals surface area (Å²) in [6, 6.07) is 4.43. The van der Waals surface area contributed by atoms with Crippen molar-refractivity contribution in [1.29, 1.82) is 0 Å². The molecule has 1 fully saturated rings. The maximum Gasteiger partial charge on any atom is 0.306 e. The van der Waals surface area contributed by atoms with Crippen molar-refractivity contribution < 1.29 is 19.0 Å². The summed E-state index contributed by atoms with van der Waals surface area (Å²) < 4.78 is 20.2. The number of hydrogen-bond acceptors (Lipinski definition) is 9. The van der Waals surface area contributed by atoms with Crippen molar-refractivity contribution in [3.63, 3.8) is 0 Å². The topological polar surface area (TPSA) is 117 Å². The quantitative estimate of drug-likeness (QED) is 0.601. The molecule has 0 spiro atoms. The summed E-state index contributed by atoms with van der Waals surface area (Å²) in [5.74, 6) is 0.624. The van der Waals surface area contributed by atoms with E-state index in [9.17, 15) is 9.18 Å². The molecule has 0 saturated carbocycles. The highest BCUT2D eigenvalue weighted by atomic mass is 19.1. The van der Waals surface area contributed by atoms with Crippen LogP contribution in [-0.4, -0.2) is 68.3 Å². The summed E-state index contributed by atoms with van der Waals surface area (Å²) in [6.45, 7) is 3.86. The van der Waals surface area contributed by atoms with Gasteiger partial charge < -0.3 is 19.6 Å². The van der Waals surface area contributed by atoms with Gasteiger partial charge in [-0.3, -0.25) is 4.79 Å². The SMILES string of the molecule is CC1c2cnc(-c3ncccn3)nc2CCN1c1cc(F)cc(N2CCOC(CC(=O)O)C2)n1. The molecule has 1 saturated heterocycles. The Hall–Kier alpha value is -3.73. The van der Waals surface area contributed by atoms with Gasteiger partial charge in [-0.25, -0.2) is 29.3 Å². The predicted octanol–water partition coefficient (Wildman–Crippen LogP) is 2.27. The molecule has 0 aliphatic carbocycles. The van der Waals surface area contributed by atoms with Crippen molar-refractivity contribution >= 4 is 17.6 Å². The summed E-state index contributed by atoms with van der Waals surface area (Å²) in [4.78, 5) is 37.3. The van der Waals surface area contributed by atoms with Gasteiger partial charge in [-0.15, -0.1) is 0 Å². The second kappa shape index (κ2) is 9.26. The zero-order chi connectivity index (χ0) is 23.7. The third-order valence-electron chi connectivity index (χ3n) is 6.10. The lowest BCUT2D eigenvalue weighted by Crippen LogP contribution is -2.44. The fourth-order valence-electron chi connectivity index (χ4n) is 4.42. The number of carbonyl (C=O) groups is 1. The average Bonchev–Trinajstić information content (AvgIpc) is 2.84. The number of hydrogen-bond donors (Lipinski definition) is 1. The summed E-state index contributed by atoms with van der Waals surface area (Å²) in [6.07, 6.45) is 5.18. The molecule has 1 N–H and O–H groups in total. The van der Waals surface area contributed by atoms with Crippen molar-refractivity contribution in [2.24, 2.45) is 0 Å². The van der Waals surface area contributed by atoms with Gasteiger partial charge in [0.15, 0.2) is 11.6 Å². The zero-order valence-electron chi connectivity index (χ0n) is 18.6. The lowest BCUT2D eigenvalue weighted by Gasteiger charge is -2.37. The molecule has 5 heterocycles. The lowest BCUT2D eigenvalue weighted by atomic mass is 9.99. The largest absolute Gasteiger partial charge is 0.481 e. The fourth-order valence-corrected chi connectivity index (χ4v) is 4.42. The molecule has 34 heavy (non-hydrogen) atoms. The number of halogens is 1. The van der Waals surface area contributed by atoms with Crippen LogP contribution < -0.4 is 9.80 Å². The summed E-state index contributed by atoms with van der Waals surface area (Å²) in [5, 5.41) is 9.07. The first-order valence-electron chi connectivity index (χ1n) is 11.1. The molecule has 3 aromatic heterocycles. The number of ether oxygens (including phenoxy) is 1. The normalized spacial score (nSPS) is 20.2. The summed E-state index contributed by atoms with van der Waals surface area (Å²) in [5.41, 5.74) is 1.87. The fraction of sp³-hybridized carbons (Fsp3) is 0.391. The molecule has 2 atom stereocenters. The van der Waals surface area contributed by atoms with Gasteiger partial charge in [0.05, 0.1) is 30.9 Å². The number of rotatable bonds is 5. The molecule has 0 radical (unpaired) electrons. The van der Waals surface area contributed by atoms with Crippen LogP contribution in [0.4, 0.5) is 16.0 Å². The Morgan fingerprint density at radius 3 is 2.74 bits per heavy atom. The maximum absolute atomic E-state index is 14.7. The number of fused-ring (bicyclic) bond motifs is 1. The second-order valence-corrected chi connectivity index (χ2v) is 8.33. The third kappa shape index (κ3) is 4.51. The van der Waals surface area contributed by atoms with Gasteiger partial charge in [-0.05, 0) is 13.0 Å². The van der Waals surface area contributed by atoms with Crippen LogP contribution in [0.3, 0.4) is 0 Å². The smallest absolute Gasteiger partial charge is 0.306 e. The van der Waals surface area contributed by atoms with E-state index in [1.165, 1.54) is 12.1 Å². The minimum atomic E-state index is -0.926. The van der Waals surface area contributed by atoms with Crippen molar-refractivity contribution in [1.82, 2.24) is 24.9 Å². The Kier molecular flexibility index (Phi) is 6.01. The monoisotopic (exact) mass is 465 g/mol. The van der Waals surface area contributed by atoms with E-state index in [-0.39, 0.29) is 12.5 Å². The first-order valence-corrected chi connectivity index (χ1v) is 11.1. The van der Waals surface area contributed by atoms with Gasteiger partial charge in [0.1, 0.15) is 17.5 Å². The van der Waals surface area contributed by atoms with Crippen LogP contribution in [0.2, 0.25) is 0 Å². The van der Waals surface area contributed by atoms with Gasteiger partial charge in [0, 0.05) is 62.3 Å². The molecule has 5 rings (SSSR count). The Bertz CT molecular complexity index is 1200. The Labute approximate surface area is 195 Å². The predicted molar refractivity (Wildman–Crippen MR) is 121 cm³/mol. The number of carboxylic acid groups (broad SMARTS) is 1. The standard InChI is InChI=1S/C23H24FN7O3/c1-14-17-12-27-23(22-25-4-2-5-26-22)28-18(17)3-6-31(14)20-10-15(24)9-19(29-20)30-7-8-34-16(13-30)11-21(32)33/h2,4-5,9-10,12,14,16H,3,6-8,11,13H2,1H3,(H,32,33). The highest BCUT2D eigenvalue weighted by Gasteiger charge is 2.29. The highest BCUT2D eigenvalue weighted by molar-refractivity contribution is 5.67. The van der Waals surface area contributed by atoms with Crippen molar-refractivity contribution in [2.45, 2.75) is 31.9 Å². The van der Waals surface area contributed by atoms with E-state index in [0.29, 0.717) is 55.9 Å². The molecule has 2 aliphatic heterocycles. The van der Waals surface area contributed by atoms with Gasteiger partial charge in [-0.2, -0.15) is 0 Å². The molecule has 0 amide bonds. The molecule has 10 nitrogen and oxygen atoms in total. The average molecular weight is 465 g/mol. The van der Waals surface area contributed by atoms with E-state index in [2.05, 4.69) is 19.9 Å². The van der Waals surface area contributed by atoms with Crippen LogP contribution in [0.25, 0.3) is 11.6 Å². The molecule has 0 bridgehead atoms. The molecular weight excluding hydrogens is 441 g/mol. The van der Waals surface area contributed by atoms with Gasteiger partial charge >= 0.3 is 5.97 Å². The number of pyridine rings is 1. The van der Waals surface area contributed by atoms with Crippen molar-refractivity contribution in [3.05, 3.63) is 53.9 Å². The number of morpholine rings is 1. The van der Waals surface area contributed by atoms with Crippen LogP contribution in [0.15, 0.2) is 36.8 Å². The van der Waals surface area contributed by atoms with E-state index < -0.39 is 17.9 Å². The first kappa shape index (κ1) is 22.1. The van der Waals surface area contributed by atoms with E-state index in [0.717, 1.165) is 11.3 Å². The Morgan fingerprint density at radius 2 is 1.94 bits per heavy atom. The van der Waals surface area contributed by atoms with E-state index >= 15 is 0 Å². The molecule has 176 valence electrons. The van der Waals surface area contributed by atoms with E-state index in [1.807, 2.05) is 16.7 Å². The number of anilines is 2.